The third-order valence-electron chi connectivity index (χ3n) is 3.05. The average Bonchev–Trinajstić information content (AvgIpc) is 2.28. The van der Waals surface area contributed by atoms with E-state index in [1.165, 1.54) is 12.1 Å². The molecule has 1 N–H and O–H groups in total. The van der Waals surface area contributed by atoms with Gasteiger partial charge in [-0.05, 0) is 60.4 Å². The van der Waals surface area contributed by atoms with Gasteiger partial charge < -0.3 is 5.11 Å². The molecule has 0 aliphatic rings. The Morgan fingerprint density at radius 1 is 1.00 bits per heavy atom. The molecule has 1 unspecified atom stereocenters. The van der Waals surface area contributed by atoms with Crippen molar-refractivity contribution in [3.63, 3.8) is 0 Å². The van der Waals surface area contributed by atoms with Gasteiger partial charge in [0.1, 0.15) is 11.9 Å². The summed E-state index contributed by atoms with van der Waals surface area (Å²) in [4.78, 5) is 0. The van der Waals surface area contributed by atoms with Crippen molar-refractivity contribution >= 4 is 11.6 Å². The molecular formula is C15H14ClFO. The number of rotatable bonds is 2. The van der Waals surface area contributed by atoms with Crippen LogP contribution in [0.4, 0.5) is 4.39 Å². The van der Waals surface area contributed by atoms with Gasteiger partial charge in [0.2, 0.25) is 0 Å². The Hall–Kier alpha value is -1.38. The van der Waals surface area contributed by atoms with Crippen molar-refractivity contribution in [2.45, 2.75) is 20.0 Å². The van der Waals surface area contributed by atoms with E-state index in [0.717, 1.165) is 16.7 Å². The summed E-state index contributed by atoms with van der Waals surface area (Å²) in [5.74, 6) is -0.295. The number of benzene rings is 2. The summed E-state index contributed by atoms with van der Waals surface area (Å²) < 4.78 is 13.0. The largest absolute Gasteiger partial charge is 0.384 e. The van der Waals surface area contributed by atoms with E-state index in [1.807, 2.05) is 6.92 Å². The zero-order chi connectivity index (χ0) is 13.3. The molecule has 0 heterocycles. The predicted molar refractivity (Wildman–Crippen MR) is 71.4 cm³/mol. The lowest BCUT2D eigenvalue weighted by atomic mass is 9.94. The van der Waals surface area contributed by atoms with Crippen molar-refractivity contribution in [2.75, 3.05) is 0 Å². The highest BCUT2D eigenvalue weighted by Crippen LogP contribution is 2.28. The van der Waals surface area contributed by atoms with Crippen LogP contribution in [0.3, 0.4) is 0 Å². The minimum absolute atomic E-state index is 0.295. The Labute approximate surface area is 111 Å². The molecule has 0 bridgehead atoms. The van der Waals surface area contributed by atoms with E-state index in [0.29, 0.717) is 10.6 Å². The van der Waals surface area contributed by atoms with Crippen LogP contribution in [0.2, 0.25) is 5.02 Å². The molecule has 0 amide bonds. The van der Waals surface area contributed by atoms with Crippen LogP contribution in [0, 0.1) is 19.7 Å². The smallest absolute Gasteiger partial charge is 0.123 e. The third-order valence-corrected chi connectivity index (χ3v) is 3.29. The van der Waals surface area contributed by atoms with Gasteiger partial charge in [-0.1, -0.05) is 23.7 Å². The lowest BCUT2D eigenvalue weighted by Gasteiger charge is -2.16. The SMILES string of the molecule is Cc1cc(F)ccc1C(O)c1ccc(Cl)cc1C. The second-order valence-electron chi connectivity index (χ2n) is 4.40. The highest BCUT2D eigenvalue weighted by atomic mass is 35.5. The van der Waals surface area contributed by atoms with Crippen LogP contribution < -0.4 is 0 Å². The van der Waals surface area contributed by atoms with Gasteiger partial charge in [-0.2, -0.15) is 0 Å². The lowest BCUT2D eigenvalue weighted by molar-refractivity contribution is 0.218. The number of aliphatic hydroxyl groups excluding tert-OH is 1. The van der Waals surface area contributed by atoms with Crippen molar-refractivity contribution in [1.82, 2.24) is 0 Å². The molecule has 0 spiro atoms. The molecule has 0 saturated heterocycles. The minimum Gasteiger partial charge on any atom is -0.384 e. The molecule has 2 aromatic carbocycles. The molecule has 0 radical (unpaired) electrons. The van der Waals surface area contributed by atoms with Crippen LogP contribution in [-0.2, 0) is 0 Å². The van der Waals surface area contributed by atoms with E-state index in [2.05, 4.69) is 0 Å². The molecule has 0 aliphatic carbocycles. The number of hydrogen-bond acceptors (Lipinski definition) is 1. The molecule has 18 heavy (non-hydrogen) atoms. The summed E-state index contributed by atoms with van der Waals surface area (Å²) in [6, 6.07) is 9.74. The summed E-state index contributed by atoms with van der Waals surface area (Å²) in [6.07, 6.45) is -0.761. The standard InChI is InChI=1S/C15H14ClFO/c1-9-7-11(16)3-5-13(9)15(18)14-6-4-12(17)8-10(14)2/h3-8,15,18H,1-2H3. The van der Waals surface area contributed by atoms with Gasteiger partial charge in [-0.3, -0.25) is 0 Å². The Morgan fingerprint density at radius 3 is 2.11 bits per heavy atom. The van der Waals surface area contributed by atoms with Crippen molar-refractivity contribution < 1.29 is 9.50 Å². The maximum Gasteiger partial charge on any atom is 0.123 e. The number of halogens is 2. The first kappa shape index (κ1) is 13.1. The van der Waals surface area contributed by atoms with E-state index in [4.69, 9.17) is 11.6 Å². The molecule has 3 heteroatoms. The minimum atomic E-state index is -0.761. The van der Waals surface area contributed by atoms with E-state index in [1.54, 1.807) is 31.2 Å². The van der Waals surface area contributed by atoms with E-state index < -0.39 is 6.10 Å². The van der Waals surface area contributed by atoms with Gasteiger partial charge >= 0.3 is 0 Å². The topological polar surface area (TPSA) is 20.2 Å². The first-order chi connectivity index (χ1) is 8.49. The molecule has 1 atom stereocenters. The van der Waals surface area contributed by atoms with Gasteiger partial charge in [-0.25, -0.2) is 4.39 Å². The fraction of sp³-hybridized carbons (Fsp3) is 0.200. The Bertz CT molecular complexity index is 529. The number of hydrogen-bond donors (Lipinski definition) is 1. The number of aliphatic hydroxyl groups is 1. The quantitative estimate of drug-likeness (QED) is 0.863. The molecule has 2 rings (SSSR count). The molecule has 0 aromatic heterocycles. The van der Waals surface area contributed by atoms with Gasteiger partial charge in [0.25, 0.3) is 0 Å². The van der Waals surface area contributed by atoms with Crippen molar-refractivity contribution in [1.29, 1.82) is 0 Å². The molecule has 0 fully saturated rings. The molecule has 0 aliphatic heterocycles. The van der Waals surface area contributed by atoms with E-state index in [9.17, 15) is 9.50 Å². The van der Waals surface area contributed by atoms with Crippen LogP contribution in [0.15, 0.2) is 36.4 Å². The third kappa shape index (κ3) is 2.55. The maximum absolute atomic E-state index is 13.0. The van der Waals surface area contributed by atoms with Gasteiger partial charge in [0.15, 0.2) is 0 Å². The van der Waals surface area contributed by atoms with Crippen molar-refractivity contribution in [3.05, 3.63) is 69.5 Å². The normalized spacial score (nSPS) is 12.5. The van der Waals surface area contributed by atoms with Crippen LogP contribution in [0.25, 0.3) is 0 Å². The summed E-state index contributed by atoms with van der Waals surface area (Å²) in [7, 11) is 0. The van der Waals surface area contributed by atoms with Crippen molar-refractivity contribution in [2.24, 2.45) is 0 Å². The number of aryl methyl sites for hydroxylation is 2. The zero-order valence-corrected chi connectivity index (χ0v) is 11.0. The fourth-order valence-corrected chi connectivity index (χ4v) is 2.29. The van der Waals surface area contributed by atoms with Crippen molar-refractivity contribution in [3.8, 4) is 0 Å². The predicted octanol–water partition coefficient (Wildman–Crippen LogP) is 4.18. The Morgan fingerprint density at radius 2 is 1.56 bits per heavy atom. The zero-order valence-electron chi connectivity index (χ0n) is 10.2. The second-order valence-corrected chi connectivity index (χ2v) is 4.84. The van der Waals surface area contributed by atoms with E-state index >= 15 is 0 Å². The molecule has 1 nitrogen and oxygen atoms in total. The van der Waals surface area contributed by atoms with Crippen LogP contribution in [0.5, 0.6) is 0 Å². The summed E-state index contributed by atoms with van der Waals surface area (Å²) in [6.45, 7) is 3.68. The van der Waals surface area contributed by atoms with Crippen LogP contribution in [0.1, 0.15) is 28.4 Å². The first-order valence-corrected chi connectivity index (χ1v) is 6.07. The van der Waals surface area contributed by atoms with Crippen LogP contribution >= 0.6 is 11.6 Å². The summed E-state index contributed by atoms with van der Waals surface area (Å²) in [5.41, 5.74) is 3.14. The molecule has 94 valence electrons. The Kier molecular flexibility index (Phi) is 3.69. The maximum atomic E-state index is 13.0. The summed E-state index contributed by atoms with van der Waals surface area (Å²) >= 11 is 5.89. The highest BCUT2D eigenvalue weighted by Gasteiger charge is 2.15. The van der Waals surface area contributed by atoms with Gasteiger partial charge in [-0.15, -0.1) is 0 Å². The Balaban J connectivity index is 2.44. The molecular weight excluding hydrogens is 251 g/mol. The molecule has 0 saturated carbocycles. The summed E-state index contributed by atoms with van der Waals surface area (Å²) in [5, 5.41) is 11.0. The fourth-order valence-electron chi connectivity index (χ4n) is 2.06. The average molecular weight is 265 g/mol. The first-order valence-electron chi connectivity index (χ1n) is 5.69. The highest BCUT2D eigenvalue weighted by molar-refractivity contribution is 6.30. The van der Waals surface area contributed by atoms with Crippen LogP contribution in [-0.4, -0.2) is 5.11 Å². The van der Waals surface area contributed by atoms with Gasteiger partial charge in [0.05, 0.1) is 0 Å². The monoisotopic (exact) mass is 264 g/mol. The lowest BCUT2D eigenvalue weighted by Crippen LogP contribution is -2.04. The van der Waals surface area contributed by atoms with Gasteiger partial charge in [0, 0.05) is 5.02 Å². The van der Waals surface area contributed by atoms with E-state index in [-0.39, 0.29) is 5.82 Å². The molecule has 2 aromatic rings. The second kappa shape index (κ2) is 5.09.